The highest BCUT2D eigenvalue weighted by molar-refractivity contribution is 4.95. The van der Waals surface area contributed by atoms with Crippen LogP contribution in [0.2, 0.25) is 0 Å². The third-order valence-electron chi connectivity index (χ3n) is 3.86. The number of nitrogens with one attached hydrogen (secondary N) is 1. The van der Waals surface area contributed by atoms with Crippen LogP contribution in [0.3, 0.4) is 0 Å². The van der Waals surface area contributed by atoms with E-state index in [2.05, 4.69) is 20.9 Å². The van der Waals surface area contributed by atoms with Crippen molar-refractivity contribution in [3.8, 4) is 6.07 Å². The van der Waals surface area contributed by atoms with Crippen LogP contribution >= 0.6 is 0 Å². The Balaban J connectivity index is 1.81. The molecule has 4 heteroatoms. The first-order valence-corrected chi connectivity index (χ1v) is 6.90. The normalized spacial score (nSPS) is 24.4. The van der Waals surface area contributed by atoms with E-state index in [0.717, 1.165) is 31.6 Å². The van der Waals surface area contributed by atoms with Gasteiger partial charge < -0.3 is 9.88 Å². The van der Waals surface area contributed by atoms with E-state index < -0.39 is 0 Å². The van der Waals surface area contributed by atoms with Crippen molar-refractivity contribution in [1.29, 1.82) is 5.26 Å². The summed E-state index contributed by atoms with van der Waals surface area (Å²) in [7, 11) is 2.02. The van der Waals surface area contributed by atoms with Gasteiger partial charge in [0.25, 0.3) is 0 Å². The third-order valence-corrected chi connectivity index (χ3v) is 3.86. The van der Waals surface area contributed by atoms with Crippen LogP contribution in [0.25, 0.3) is 0 Å². The van der Waals surface area contributed by atoms with Gasteiger partial charge in [-0.25, -0.2) is 4.98 Å². The SMILES string of the molecule is Cn1ccnc1CCNC1CCCCCC1C#N. The van der Waals surface area contributed by atoms with Crippen LogP contribution < -0.4 is 5.32 Å². The smallest absolute Gasteiger partial charge is 0.109 e. The summed E-state index contributed by atoms with van der Waals surface area (Å²) in [5.74, 6) is 1.29. The minimum atomic E-state index is 0.189. The highest BCUT2D eigenvalue weighted by atomic mass is 15.0. The molecular weight excluding hydrogens is 224 g/mol. The molecule has 1 fully saturated rings. The second-order valence-electron chi connectivity index (χ2n) is 5.14. The molecule has 0 saturated heterocycles. The van der Waals surface area contributed by atoms with Gasteiger partial charge in [0, 0.05) is 38.4 Å². The number of imidazole rings is 1. The summed E-state index contributed by atoms with van der Waals surface area (Å²) in [6.07, 6.45) is 10.6. The Bertz CT molecular complexity index is 404. The topological polar surface area (TPSA) is 53.6 Å². The monoisotopic (exact) mass is 246 g/mol. The zero-order chi connectivity index (χ0) is 12.8. The molecule has 18 heavy (non-hydrogen) atoms. The molecule has 1 aromatic heterocycles. The van der Waals surface area contributed by atoms with Crippen LogP contribution in [-0.4, -0.2) is 22.1 Å². The van der Waals surface area contributed by atoms with E-state index in [4.69, 9.17) is 0 Å². The lowest BCUT2D eigenvalue weighted by atomic mass is 9.96. The number of rotatable bonds is 4. The van der Waals surface area contributed by atoms with Gasteiger partial charge in [-0.1, -0.05) is 19.3 Å². The van der Waals surface area contributed by atoms with Crippen LogP contribution in [0, 0.1) is 17.2 Å². The fourth-order valence-corrected chi connectivity index (χ4v) is 2.71. The van der Waals surface area contributed by atoms with Gasteiger partial charge in [0.1, 0.15) is 5.82 Å². The van der Waals surface area contributed by atoms with Crippen LogP contribution in [0.5, 0.6) is 0 Å². The molecule has 1 aromatic rings. The van der Waals surface area contributed by atoms with E-state index in [1.54, 1.807) is 0 Å². The molecule has 0 aliphatic heterocycles. The van der Waals surface area contributed by atoms with Gasteiger partial charge in [-0.05, 0) is 12.8 Å². The minimum absolute atomic E-state index is 0.189. The summed E-state index contributed by atoms with van der Waals surface area (Å²) in [6.45, 7) is 0.910. The first-order valence-electron chi connectivity index (χ1n) is 6.90. The predicted molar refractivity (Wildman–Crippen MR) is 70.9 cm³/mol. The molecule has 98 valence electrons. The molecule has 1 heterocycles. The van der Waals surface area contributed by atoms with Gasteiger partial charge in [-0.15, -0.1) is 0 Å². The molecule has 4 nitrogen and oxygen atoms in total. The molecule has 0 amide bonds. The predicted octanol–water partition coefficient (Wildman–Crippen LogP) is 2.02. The van der Waals surface area contributed by atoms with Crippen molar-refractivity contribution in [3.63, 3.8) is 0 Å². The molecule has 1 saturated carbocycles. The minimum Gasteiger partial charge on any atom is -0.338 e. The molecule has 0 bridgehead atoms. The summed E-state index contributed by atoms with van der Waals surface area (Å²) < 4.78 is 2.05. The lowest BCUT2D eigenvalue weighted by molar-refractivity contribution is 0.395. The largest absolute Gasteiger partial charge is 0.338 e. The van der Waals surface area contributed by atoms with Gasteiger partial charge in [-0.2, -0.15) is 5.26 Å². The number of aryl methyl sites for hydroxylation is 1. The average Bonchev–Trinajstić information content (AvgIpc) is 2.65. The molecule has 1 aliphatic rings. The molecule has 1 aliphatic carbocycles. The second kappa shape index (κ2) is 6.55. The summed E-state index contributed by atoms with van der Waals surface area (Å²) in [4.78, 5) is 4.31. The van der Waals surface area contributed by atoms with Gasteiger partial charge in [0.2, 0.25) is 0 Å². The van der Waals surface area contributed by atoms with E-state index in [1.165, 1.54) is 19.3 Å². The van der Waals surface area contributed by atoms with E-state index in [-0.39, 0.29) is 5.92 Å². The number of aromatic nitrogens is 2. The Morgan fingerprint density at radius 3 is 3.00 bits per heavy atom. The lowest BCUT2D eigenvalue weighted by Crippen LogP contribution is -2.36. The van der Waals surface area contributed by atoms with Gasteiger partial charge >= 0.3 is 0 Å². The summed E-state index contributed by atoms with van der Waals surface area (Å²) in [5, 5.41) is 12.8. The molecule has 0 spiro atoms. The maximum Gasteiger partial charge on any atom is 0.109 e. The van der Waals surface area contributed by atoms with Crippen molar-refractivity contribution in [3.05, 3.63) is 18.2 Å². The Hall–Kier alpha value is -1.34. The number of nitriles is 1. The standard InChI is InChI=1S/C14H22N4/c1-18-10-9-17-14(18)7-8-16-13-6-4-2-3-5-12(13)11-15/h9-10,12-13,16H,2-8H2,1H3. The molecule has 2 unspecified atom stereocenters. The van der Waals surface area contributed by atoms with Crippen LogP contribution in [0.15, 0.2) is 12.4 Å². The van der Waals surface area contributed by atoms with E-state index in [0.29, 0.717) is 6.04 Å². The number of hydrogen-bond acceptors (Lipinski definition) is 3. The Kier molecular flexibility index (Phi) is 4.77. The lowest BCUT2D eigenvalue weighted by Gasteiger charge is -2.20. The maximum atomic E-state index is 9.21. The number of nitrogens with zero attached hydrogens (tertiary/aromatic N) is 3. The van der Waals surface area contributed by atoms with Crippen molar-refractivity contribution in [2.45, 2.75) is 44.6 Å². The first-order chi connectivity index (χ1) is 8.81. The van der Waals surface area contributed by atoms with Crippen LogP contribution in [0.1, 0.15) is 37.9 Å². The molecule has 2 atom stereocenters. The van der Waals surface area contributed by atoms with Gasteiger partial charge in [0.05, 0.1) is 12.0 Å². The molecule has 0 aromatic carbocycles. The maximum absolute atomic E-state index is 9.21. The zero-order valence-corrected chi connectivity index (χ0v) is 11.1. The summed E-state index contributed by atoms with van der Waals surface area (Å²) in [5.41, 5.74) is 0. The Labute approximate surface area is 109 Å². The first kappa shape index (κ1) is 13.1. The quantitative estimate of drug-likeness (QED) is 0.827. The molecule has 1 N–H and O–H groups in total. The van der Waals surface area contributed by atoms with E-state index in [9.17, 15) is 5.26 Å². The highest BCUT2D eigenvalue weighted by Gasteiger charge is 2.22. The van der Waals surface area contributed by atoms with Crippen molar-refractivity contribution >= 4 is 0 Å². The van der Waals surface area contributed by atoms with Gasteiger partial charge in [0.15, 0.2) is 0 Å². The zero-order valence-electron chi connectivity index (χ0n) is 11.1. The summed E-state index contributed by atoms with van der Waals surface area (Å²) >= 11 is 0. The van der Waals surface area contributed by atoms with Crippen molar-refractivity contribution in [2.24, 2.45) is 13.0 Å². The Morgan fingerprint density at radius 1 is 1.44 bits per heavy atom. The molecule has 2 rings (SSSR count). The van der Waals surface area contributed by atoms with Crippen molar-refractivity contribution < 1.29 is 0 Å². The molecular formula is C14H22N4. The third kappa shape index (κ3) is 3.33. The fraction of sp³-hybridized carbons (Fsp3) is 0.714. The van der Waals surface area contributed by atoms with Crippen LogP contribution in [-0.2, 0) is 13.5 Å². The van der Waals surface area contributed by atoms with Crippen molar-refractivity contribution in [2.75, 3.05) is 6.54 Å². The van der Waals surface area contributed by atoms with Gasteiger partial charge in [-0.3, -0.25) is 0 Å². The molecule has 0 radical (unpaired) electrons. The van der Waals surface area contributed by atoms with E-state index in [1.807, 2.05) is 19.4 Å². The Morgan fingerprint density at radius 2 is 2.28 bits per heavy atom. The summed E-state index contributed by atoms with van der Waals surface area (Å²) in [6, 6.07) is 2.84. The van der Waals surface area contributed by atoms with Crippen LogP contribution in [0.4, 0.5) is 0 Å². The second-order valence-corrected chi connectivity index (χ2v) is 5.14. The fourth-order valence-electron chi connectivity index (χ4n) is 2.71. The van der Waals surface area contributed by atoms with Crippen molar-refractivity contribution in [1.82, 2.24) is 14.9 Å². The number of hydrogen-bond donors (Lipinski definition) is 1. The van der Waals surface area contributed by atoms with E-state index >= 15 is 0 Å². The highest BCUT2D eigenvalue weighted by Crippen LogP contribution is 2.22. The average molecular weight is 246 g/mol.